The summed E-state index contributed by atoms with van der Waals surface area (Å²) in [7, 11) is 0. The van der Waals surface area contributed by atoms with Gasteiger partial charge in [0.15, 0.2) is 0 Å². The number of rotatable bonds is 5. The largest absolute Gasteiger partial charge is 0.396 e. The minimum atomic E-state index is -0.478. The number of nitrogens with one attached hydrogen (secondary N) is 1. The Kier molecular flexibility index (Phi) is 4.92. The van der Waals surface area contributed by atoms with Gasteiger partial charge < -0.3 is 19.7 Å². The standard InChI is InChI=1S/C17H21N3O4/c1-12-18-15(20-24-12)16(22)19-14(13-5-3-2-4-6-13)17(11-21)7-9-23-10-8-17/h2-6,14,21H,7-11H2,1H3,(H,19,22). The van der Waals surface area contributed by atoms with Crippen molar-refractivity contribution in [3.63, 3.8) is 0 Å². The first-order valence-electron chi connectivity index (χ1n) is 7.99. The summed E-state index contributed by atoms with van der Waals surface area (Å²) in [6.45, 7) is 2.70. The second kappa shape index (κ2) is 7.11. The Hall–Kier alpha value is -2.25. The number of hydrogen-bond donors (Lipinski definition) is 2. The van der Waals surface area contributed by atoms with Crippen molar-refractivity contribution in [3.05, 3.63) is 47.6 Å². The minimum absolute atomic E-state index is 0.00594. The molecule has 24 heavy (non-hydrogen) atoms. The van der Waals surface area contributed by atoms with Gasteiger partial charge in [0, 0.05) is 25.6 Å². The molecule has 2 N–H and O–H groups in total. The number of carbonyl (C=O) groups is 1. The molecule has 7 heteroatoms. The topological polar surface area (TPSA) is 97.5 Å². The van der Waals surface area contributed by atoms with Crippen LogP contribution in [0.1, 0.15) is 41.0 Å². The van der Waals surface area contributed by atoms with Crippen molar-refractivity contribution in [2.45, 2.75) is 25.8 Å². The molecule has 3 rings (SSSR count). The fourth-order valence-electron chi connectivity index (χ4n) is 3.14. The Morgan fingerprint density at radius 3 is 2.62 bits per heavy atom. The summed E-state index contributed by atoms with van der Waals surface area (Å²) >= 11 is 0. The number of carbonyl (C=O) groups excluding carboxylic acids is 1. The number of ether oxygens (including phenoxy) is 1. The van der Waals surface area contributed by atoms with E-state index in [4.69, 9.17) is 9.26 Å². The van der Waals surface area contributed by atoms with E-state index in [0.29, 0.717) is 31.9 Å². The first-order chi connectivity index (χ1) is 11.6. The maximum atomic E-state index is 12.5. The lowest BCUT2D eigenvalue weighted by atomic mass is 9.72. The van der Waals surface area contributed by atoms with Crippen molar-refractivity contribution in [2.75, 3.05) is 19.8 Å². The maximum Gasteiger partial charge on any atom is 0.293 e. The van der Waals surface area contributed by atoms with Gasteiger partial charge >= 0.3 is 0 Å². The average Bonchev–Trinajstić information content (AvgIpc) is 3.07. The molecule has 1 aliphatic heterocycles. The van der Waals surface area contributed by atoms with Crippen molar-refractivity contribution in [2.24, 2.45) is 5.41 Å². The molecule has 1 aliphatic rings. The normalized spacial score (nSPS) is 18.1. The Labute approximate surface area is 140 Å². The molecule has 0 bridgehead atoms. The van der Waals surface area contributed by atoms with Crippen molar-refractivity contribution < 1.29 is 19.2 Å². The third-order valence-electron chi connectivity index (χ3n) is 4.55. The van der Waals surface area contributed by atoms with Crippen molar-refractivity contribution in [1.82, 2.24) is 15.5 Å². The van der Waals surface area contributed by atoms with E-state index >= 15 is 0 Å². The molecule has 2 aromatic rings. The highest BCUT2D eigenvalue weighted by Crippen LogP contribution is 2.42. The van der Waals surface area contributed by atoms with E-state index in [2.05, 4.69) is 15.5 Å². The van der Waals surface area contributed by atoms with Gasteiger partial charge in [-0.3, -0.25) is 4.79 Å². The second-order valence-corrected chi connectivity index (χ2v) is 6.09. The van der Waals surface area contributed by atoms with Crippen LogP contribution in [0.3, 0.4) is 0 Å². The molecule has 1 fully saturated rings. The van der Waals surface area contributed by atoms with Gasteiger partial charge in [0.25, 0.3) is 11.7 Å². The summed E-state index contributed by atoms with van der Waals surface area (Å²) in [6.07, 6.45) is 1.32. The zero-order valence-corrected chi connectivity index (χ0v) is 13.6. The lowest BCUT2D eigenvalue weighted by molar-refractivity contribution is -0.0370. The molecule has 1 amide bonds. The number of amides is 1. The number of aryl methyl sites for hydroxylation is 1. The van der Waals surface area contributed by atoms with Crippen LogP contribution in [0.15, 0.2) is 34.9 Å². The predicted octanol–water partition coefficient (Wildman–Crippen LogP) is 1.64. The molecule has 0 aliphatic carbocycles. The van der Waals surface area contributed by atoms with Gasteiger partial charge in [-0.2, -0.15) is 4.98 Å². The number of nitrogens with zero attached hydrogens (tertiary/aromatic N) is 2. The molecule has 128 valence electrons. The smallest absolute Gasteiger partial charge is 0.293 e. The maximum absolute atomic E-state index is 12.5. The Morgan fingerprint density at radius 1 is 1.33 bits per heavy atom. The zero-order valence-electron chi connectivity index (χ0n) is 13.6. The highest BCUT2D eigenvalue weighted by Gasteiger charge is 2.42. The molecular formula is C17H21N3O4. The fourth-order valence-corrected chi connectivity index (χ4v) is 3.14. The molecular weight excluding hydrogens is 310 g/mol. The van der Waals surface area contributed by atoms with Crippen molar-refractivity contribution in [1.29, 1.82) is 0 Å². The summed E-state index contributed by atoms with van der Waals surface area (Å²) in [5.74, 6) is -0.0899. The monoisotopic (exact) mass is 331 g/mol. The van der Waals surface area contributed by atoms with E-state index in [1.54, 1.807) is 6.92 Å². The van der Waals surface area contributed by atoms with E-state index in [1.807, 2.05) is 30.3 Å². The van der Waals surface area contributed by atoms with Crippen molar-refractivity contribution in [3.8, 4) is 0 Å². The summed E-state index contributed by atoms with van der Waals surface area (Å²) in [5, 5.41) is 16.8. The van der Waals surface area contributed by atoms with Crippen LogP contribution in [0.5, 0.6) is 0 Å². The van der Waals surface area contributed by atoms with Gasteiger partial charge in [-0.05, 0) is 18.4 Å². The number of hydrogen-bond acceptors (Lipinski definition) is 6. The molecule has 0 spiro atoms. The van der Waals surface area contributed by atoms with Crippen LogP contribution < -0.4 is 5.32 Å². The molecule has 1 saturated heterocycles. The van der Waals surface area contributed by atoms with Gasteiger partial charge in [-0.25, -0.2) is 0 Å². The van der Waals surface area contributed by atoms with Gasteiger partial charge in [-0.1, -0.05) is 35.5 Å². The van der Waals surface area contributed by atoms with E-state index < -0.39 is 11.3 Å². The minimum Gasteiger partial charge on any atom is -0.396 e. The average molecular weight is 331 g/mol. The first kappa shape index (κ1) is 16.6. The first-order valence-corrected chi connectivity index (χ1v) is 7.99. The van der Waals surface area contributed by atoms with E-state index in [-0.39, 0.29) is 18.5 Å². The molecule has 0 radical (unpaired) electrons. The highest BCUT2D eigenvalue weighted by atomic mass is 16.5. The van der Waals surface area contributed by atoms with Crippen LogP contribution in [0, 0.1) is 12.3 Å². The van der Waals surface area contributed by atoms with Crippen LogP contribution in [0.4, 0.5) is 0 Å². The van der Waals surface area contributed by atoms with Gasteiger partial charge in [0.2, 0.25) is 5.89 Å². The van der Waals surface area contributed by atoms with Gasteiger partial charge in [-0.15, -0.1) is 0 Å². The predicted molar refractivity (Wildman–Crippen MR) is 85.3 cm³/mol. The quantitative estimate of drug-likeness (QED) is 0.864. The number of benzene rings is 1. The second-order valence-electron chi connectivity index (χ2n) is 6.09. The van der Waals surface area contributed by atoms with Gasteiger partial charge in [0.05, 0.1) is 12.6 Å². The fraction of sp³-hybridized carbons (Fsp3) is 0.471. The highest BCUT2D eigenvalue weighted by molar-refractivity contribution is 5.90. The van der Waals surface area contributed by atoms with Gasteiger partial charge in [0.1, 0.15) is 0 Å². The number of aliphatic hydroxyl groups excluding tert-OH is 1. The molecule has 1 aromatic carbocycles. The number of aliphatic hydroxyl groups is 1. The summed E-state index contributed by atoms with van der Waals surface area (Å²) < 4.78 is 10.3. The lowest BCUT2D eigenvalue weighted by Crippen LogP contribution is -2.46. The molecule has 0 saturated carbocycles. The molecule has 7 nitrogen and oxygen atoms in total. The third kappa shape index (κ3) is 3.32. The molecule has 1 unspecified atom stereocenters. The van der Waals surface area contributed by atoms with Crippen LogP contribution in [0.25, 0.3) is 0 Å². The molecule has 2 heterocycles. The van der Waals surface area contributed by atoms with Crippen molar-refractivity contribution >= 4 is 5.91 Å². The Balaban J connectivity index is 1.91. The summed E-state index contributed by atoms with van der Waals surface area (Å²) in [6, 6.07) is 9.27. The lowest BCUT2D eigenvalue weighted by Gasteiger charge is -2.42. The molecule has 1 atom stereocenters. The van der Waals surface area contributed by atoms with Crippen LogP contribution in [-0.2, 0) is 4.74 Å². The zero-order chi connectivity index (χ0) is 17.0. The van der Waals surface area contributed by atoms with Crippen LogP contribution >= 0.6 is 0 Å². The summed E-state index contributed by atoms with van der Waals surface area (Å²) in [5.41, 5.74) is 0.454. The third-order valence-corrected chi connectivity index (χ3v) is 4.55. The van der Waals surface area contributed by atoms with E-state index in [0.717, 1.165) is 5.56 Å². The Morgan fingerprint density at radius 2 is 2.04 bits per heavy atom. The molecule has 1 aromatic heterocycles. The SMILES string of the molecule is Cc1nc(C(=O)NC(c2ccccc2)C2(CO)CCOCC2)no1. The van der Waals surface area contributed by atoms with E-state index in [1.165, 1.54) is 0 Å². The Bertz CT molecular complexity index is 680. The number of aromatic nitrogens is 2. The van der Waals surface area contributed by atoms with Crippen LogP contribution in [0.2, 0.25) is 0 Å². The summed E-state index contributed by atoms with van der Waals surface area (Å²) in [4.78, 5) is 16.5. The van der Waals surface area contributed by atoms with E-state index in [9.17, 15) is 9.90 Å². The van der Waals surface area contributed by atoms with Crippen LogP contribution in [-0.4, -0.2) is 41.0 Å².